The van der Waals surface area contributed by atoms with Crippen molar-refractivity contribution in [2.75, 3.05) is 26.7 Å². The minimum atomic E-state index is -0.455. The predicted molar refractivity (Wildman–Crippen MR) is 79.8 cm³/mol. The molecular formula is C17H25NO2. The Morgan fingerprint density at radius 1 is 1.15 bits per heavy atom. The first-order chi connectivity index (χ1) is 9.76. The van der Waals surface area contributed by atoms with E-state index in [0.29, 0.717) is 0 Å². The fourth-order valence-electron chi connectivity index (χ4n) is 2.84. The second kappa shape index (κ2) is 6.15. The van der Waals surface area contributed by atoms with Crippen LogP contribution in [0, 0.1) is 11.8 Å². The molecule has 0 heterocycles. The molecule has 3 rings (SSSR count). The molecule has 0 spiro atoms. The van der Waals surface area contributed by atoms with Gasteiger partial charge in [0, 0.05) is 25.2 Å². The zero-order chi connectivity index (χ0) is 13.9. The number of hydrogen-bond acceptors (Lipinski definition) is 3. The van der Waals surface area contributed by atoms with Crippen LogP contribution in [0.25, 0.3) is 0 Å². The summed E-state index contributed by atoms with van der Waals surface area (Å²) < 4.78 is 5.36. The first-order valence-electron chi connectivity index (χ1n) is 7.79. The monoisotopic (exact) mass is 275 g/mol. The molecule has 0 aromatic heterocycles. The third-order valence-electron chi connectivity index (χ3n) is 4.36. The van der Waals surface area contributed by atoms with Crippen molar-refractivity contribution in [2.45, 2.75) is 31.8 Å². The molecule has 0 amide bonds. The Hall–Kier alpha value is -1.06. The summed E-state index contributed by atoms with van der Waals surface area (Å²) in [4.78, 5) is 2.46. The minimum absolute atomic E-state index is 0.455. The number of nitrogens with zero attached hydrogens (tertiary/aromatic N) is 1. The normalized spacial score (nSPS) is 20.1. The van der Waals surface area contributed by atoms with Crippen LogP contribution in [0.1, 0.15) is 37.4 Å². The number of hydrogen-bond donors (Lipinski definition) is 1. The zero-order valence-electron chi connectivity index (χ0n) is 12.3. The second-order valence-corrected chi connectivity index (χ2v) is 6.36. The van der Waals surface area contributed by atoms with Crippen LogP contribution in [0.3, 0.4) is 0 Å². The van der Waals surface area contributed by atoms with Gasteiger partial charge in [-0.25, -0.2) is 0 Å². The number of ether oxygens (including phenoxy) is 1. The molecule has 3 nitrogen and oxygen atoms in total. The van der Waals surface area contributed by atoms with E-state index < -0.39 is 6.10 Å². The lowest BCUT2D eigenvalue weighted by atomic mass is 10.1. The number of rotatable bonds is 8. The average Bonchev–Trinajstić information content (AvgIpc) is 3.35. The van der Waals surface area contributed by atoms with E-state index in [-0.39, 0.29) is 0 Å². The molecule has 1 N–H and O–H groups in total. The fourth-order valence-corrected chi connectivity index (χ4v) is 2.84. The summed E-state index contributed by atoms with van der Waals surface area (Å²) in [5.74, 6) is 2.54. The molecule has 0 radical (unpaired) electrons. The lowest BCUT2D eigenvalue weighted by Crippen LogP contribution is -2.32. The van der Waals surface area contributed by atoms with Crippen LogP contribution in [-0.2, 0) is 0 Å². The third kappa shape index (κ3) is 3.74. The van der Waals surface area contributed by atoms with Crippen LogP contribution < -0.4 is 4.74 Å². The van der Waals surface area contributed by atoms with Crippen molar-refractivity contribution in [3.63, 3.8) is 0 Å². The Bertz CT molecular complexity index is 426. The number of aliphatic hydroxyl groups excluding tert-OH is 1. The van der Waals surface area contributed by atoms with E-state index in [4.69, 9.17) is 4.74 Å². The summed E-state index contributed by atoms with van der Waals surface area (Å²) in [5.41, 5.74) is 0.909. The highest BCUT2D eigenvalue weighted by molar-refractivity contribution is 5.35. The standard InChI is InChI=1S/C17H25NO2/c1-20-17-5-3-2-4-15(17)16(19)12-18(10-13-6-7-13)11-14-8-9-14/h2-5,13-14,16,19H,6-12H2,1H3. The maximum Gasteiger partial charge on any atom is 0.124 e. The van der Waals surface area contributed by atoms with Gasteiger partial charge < -0.3 is 9.84 Å². The highest BCUT2D eigenvalue weighted by Crippen LogP contribution is 2.35. The largest absolute Gasteiger partial charge is 0.496 e. The fraction of sp³-hybridized carbons (Fsp3) is 0.647. The summed E-state index contributed by atoms with van der Waals surface area (Å²) in [5, 5.41) is 10.5. The van der Waals surface area contributed by atoms with Crippen molar-refractivity contribution in [1.29, 1.82) is 0 Å². The average molecular weight is 275 g/mol. The van der Waals surface area contributed by atoms with Gasteiger partial charge in [-0.1, -0.05) is 18.2 Å². The van der Waals surface area contributed by atoms with E-state index in [2.05, 4.69) is 4.90 Å². The first kappa shape index (κ1) is 13.9. The predicted octanol–water partition coefficient (Wildman–Crippen LogP) is 2.85. The first-order valence-corrected chi connectivity index (χ1v) is 7.79. The van der Waals surface area contributed by atoms with Crippen molar-refractivity contribution in [3.05, 3.63) is 29.8 Å². The quantitative estimate of drug-likeness (QED) is 0.792. The van der Waals surface area contributed by atoms with Gasteiger partial charge in [0.15, 0.2) is 0 Å². The maximum absolute atomic E-state index is 10.5. The summed E-state index contributed by atoms with van der Waals surface area (Å²) in [6.07, 6.45) is 5.01. The number of methoxy groups -OCH3 is 1. The summed E-state index contributed by atoms with van der Waals surface area (Å²) >= 11 is 0. The minimum Gasteiger partial charge on any atom is -0.496 e. The van der Waals surface area contributed by atoms with Crippen molar-refractivity contribution in [2.24, 2.45) is 11.8 Å². The van der Waals surface area contributed by atoms with Gasteiger partial charge in [-0.2, -0.15) is 0 Å². The molecule has 2 aliphatic rings. The highest BCUT2D eigenvalue weighted by Gasteiger charge is 2.30. The Balaban J connectivity index is 1.63. The summed E-state index contributed by atoms with van der Waals surface area (Å²) in [6, 6.07) is 7.80. The Morgan fingerprint density at radius 2 is 1.75 bits per heavy atom. The van der Waals surface area contributed by atoms with Gasteiger partial charge in [-0.3, -0.25) is 4.90 Å². The summed E-state index contributed by atoms with van der Waals surface area (Å²) in [6.45, 7) is 3.04. The van der Waals surface area contributed by atoms with Crippen LogP contribution in [0.4, 0.5) is 0 Å². The molecule has 0 saturated heterocycles. The number of para-hydroxylation sites is 1. The van der Waals surface area contributed by atoms with Crippen molar-refractivity contribution >= 4 is 0 Å². The van der Waals surface area contributed by atoms with E-state index >= 15 is 0 Å². The van der Waals surface area contributed by atoms with Gasteiger partial charge in [0.1, 0.15) is 5.75 Å². The molecule has 1 aromatic carbocycles. The Kier molecular flexibility index (Phi) is 4.27. The van der Waals surface area contributed by atoms with Crippen molar-refractivity contribution < 1.29 is 9.84 Å². The second-order valence-electron chi connectivity index (χ2n) is 6.36. The highest BCUT2D eigenvalue weighted by atomic mass is 16.5. The molecule has 1 unspecified atom stereocenters. The maximum atomic E-state index is 10.5. The van der Waals surface area contributed by atoms with E-state index in [1.54, 1.807) is 7.11 Å². The smallest absolute Gasteiger partial charge is 0.124 e. The van der Waals surface area contributed by atoms with Gasteiger partial charge >= 0.3 is 0 Å². The molecule has 2 aliphatic carbocycles. The van der Waals surface area contributed by atoms with Gasteiger partial charge in [0.25, 0.3) is 0 Å². The molecule has 3 heteroatoms. The molecule has 2 saturated carbocycles. The van der Waals surface area contributed by atoms with E-state index in [1.165, 1.54) is 25.7 Å². The molecule has 1 atom stereocenters. The third-order valence-corrected chi connectivity index (χ3v) is 4.36. The van der Waals surface area contributed by atoms with Crippen molar-refractivity contribution in [1.82, 2.24) is 4.90 Å². The van der Waals surface area contributed by atoms with Gasteiger partial charge in [-0.05, 0) is 43.6 Å². The molecule has 1 aromatic rings. The van der Waals surface area contributed by atoms with Gasteiger partial charge in [0.05, 0.1) is 13.2 Å². The van der Waals surface area contributed by atoms with Crippen LogP contribution in [-0.4, -0.2) is 36.8 Å². The lowest BCUT2D eigenvalue weighted by Gasteiger charge is -2.26. The molecular weight excluding hydrogens is 250 g/mol. The molecule has 0 bridgehead atoms. The molecule has 0 aliphatic heterocycles. The number of aliphatic hydroxyl groups is 1. The number of benzene rings is 1. The van der Waals surface area contributed by atoms with E-state index in [9.17, 15) is 5.11 Å². The summed E-state index contributed by atoms with van der Waals surface area (Å²) in [7, 11) is 1.66. The zero-order valence-corrected chi connectivity index (χ0v) is 12.3. The Morgan fingerprint density at radius 3 is 2.30 bits per heavy atom. The van der Waals surface area contributed by atoms with E-state index in [1.807, 2.05) is 24.3 Å². The Labute approximate surface area is 121 Å². The van der Waals surface area contributed by atoms with Crippen LogP contribution in [0.5, 0.6) is 5.75 Å². The molecule has 2 fully saturated rings. The SMILES string of the molecule is COc1ccccc1C(O)CN(CC1CC1)CC1CC1. The van der Waals surface area contributed by atoms with Crippen LogP contribution in [0.15, 0.2) is 24.3 Å². The molecule has 20 heavy (non-hydrogen) atoms. The van der Waals surface area contributed by atoms with Crippen molar-refractivity contribution in [3.8, 4) is 5.75 Å². The van der Waals surface area contributed by atoms with E-state index in [0.717, 1.165) is 42.8 Å². The van der Waals surface area contributed by atoms with Crippen LogP contribution in [0.2, 0.25) is 0 Å². The molecule has 110 valence electrons. The topological polar surface area (TPSA) is 32.7 Å². The van der Waals surface area contributed by atoms with Gasteiger partial charge in [-0.15, -0.1) is 0 Å². The lowest BCUT2D eigenvalue weighted by molar-refractivity contribution is 0.105. The van der Waals surface area contributed by atoms with Gasteiger partial charge in [0.2, 0.25) is 0 Å². The van der Waals surface area contributed by atoms with Crippen LogP contribution >= 0.6 is 0 Å².